The largest absolute Gasteiger partial charge is 0.397 e. The van der Waals surface area contributed by atoms with Crippen LogP contribution in [-0.4, -0.2) is 10.9 Å². The predicted molar refractivity (Wildman–Crippen MR) is 72.0 cm³/mol. The van der Waals surface area contributed by atoms with Crippen LogP contribution in [0.3, 0.4) is 0 Å². The highest BCUT2D eigenvalue weighted by Gasteiger charge is 2.09. The van der Waals surface area contributed by atoms with Gasteiger partial charge in [-0.25, -0.2) is 0 Å². The molecule has 1 amide bonds. The molecular formula is C12H12BrN3O. The van der Waals surface area contributed by atoms with E-state index in [1.54, 1.807) is 12.3 Å². The number of carbonyl (C=O) groups excluding carboxylic acids is 1. The van der Waals surface area contributed by atoms with Crippen molar-refractivity contribution in [2.75, 3.05) is 11.1 Å². The minimum atomic E-state index is -0.216. The number of nitrogen functional groups attached to an aromatic ring is 1. The van der Waals surface area contributed by atoms with E-state index in [-0.39, 0.29) is 5.91 Å². The van der Waals surface area contributed by atoms with Crippen molar-refractivity contribution in [1.29, 1.82) is 0 Å². The smallest absolute Gasteiger partial charge is 0.272 e. The molecule has 1 aromatic heterocycles. The molecular weight excluding hydrogens is 282 g/mol. The Kier molecular flexibility index (Phi) is 3.19. The average Bonchev–Trinajstić information content (AvgIpc) is 2.69. The molecule has 0 atom stereocenters. The molecule has 4 nitrogen and oxygen atoms in total. The summed E-state index contributed by atoms with van der Waals surface area (Å²) < 4.78 is 0.852. The number of hydrogen-bond donors (Lipinski definition) is 3. The summed E-state index contributed by atoms with van der Waals surface area (Å²) in [5.74, 6) is -0.216. The second-order valence-corrected chi connectivity index (χ2v) is 4.64. The standard InChI is InChI=1S/C12H12BrN3O/c1-7-2-3-10(9(13)4-7)16-12(17)11-5-8(14)6-15-11/h2-6,15H,14H2,1H3,(H,16,17). The summed E-state index contributed by atoms with van der Waals surface area (Å²) in [5.41, 5.74) is 8.37. The van der Waals surface area contributed by atoms with Gasteiger partial charge >= 0.3 is 0 Å². The fraction of sp³-hybridized carbons (Fsp3) is 0.0833. The minimum absolute atomic E-state index is 0.216. The van der Waals surface area contributed by atoms with Crippen molar-refractivity contribution in [2.24, 2.45) is 0 Å². The molecule has 0 saturated heterocycles. The van der Waals surface area contributed by atoms with Crippen molar-refractivity contribution in [2.45, 2.75) is 6.92 Å². The Hall–Kier alpha value is -1.75. The lowest BCUT2D eigenvalue weighted by Gasteiger charge is -2.06. The van der Waals surface area contributed by atoms with Crippen LogP contribution >= 0.6 is 15.9 Å². The highest BCUT2D eigenvalue weighted by molar-refractivity contribution is 9.10. The number of rotatable bonds is 2. The zero-order chi connectivity index (χ0) is 12.4. The summed E-state index contributed by atoms with van der Waals surface area (Å²) in [6.45, 7) is 1.99. The molecule has 0 aliphatic rings. The number of aromatic amines is 1. The van der Waals surface area contributed by atoms with Gasteiger partial charge in [0.25, 0.3) is 5.91 Å². The van der Waals surface area contributed by atoms with Gasteiger partial charge in [-0.1, -0.05) is 6.07 Å². The molecule has 1 heterocycles. The topological polar surface area (TPSA) is 70.9 Å². The van der Waals surface area contributed by atoms with Crippen molar-refractivity contribution < 1.29 is 4.79 Å². The SMILES string of the molecule is Cc1ccc(NC(=O)c2cc(N)c[nH]2)c(Br)c1. The summed E-state index contributed by atoms with van der Waals surface area (Å²) >= 11 is 3.40. The van der Waals surface area contributed by atoms with Gasteiger partial charge in [-0.3, -0.25) is 4.79 Å². The summed E-state index contributed by atoms with van der Waals surface area (Å²) in [5, 5.41) is 2.79. The maximum atomic E-state index is 11.8. The highest BCUT2D eigenvalue weighted by atomic mass is 79.9. The van der Waals surface area contributed by atoms with Crippen LogP contribution in [0.2, 0.25) is 0 Å². The maximum absolute atomic E-state index is 11.8. The first-order chi connectivity index (χ1) is 8.06. The maximum Gasteiger partial charge on any atom is 0.272 e. The summed E-state index contributed by atoms with van der Waals surface area (Å²) in [4.78, 5) is 14.6. The first-order valence-electron chi connectivity index (χ1n) is 5.07. The van der Waals surface area contributed by atoms with E-state index in [4.69, 9.17) is 5.73 Å². The summed E-state index contributed by atoms with van der Waals surface area (Å²) in [6, 6.07) is 7.32. The quantitative estimate of drug-likeness (QED) is 0.797. The Bertz CT molecular complexity index is 563. The van der Waals surface area contributed by atoms with E-state index in [1.807, 2.05) is 25.1 Å². The van der Waals surface area contributed by atoms with Crippen LogP contribution in [-0.2, 0) is 0 Å². The lowest BCUT2D eigenvalue weighted by Crippen LogP contribution is -2.12. The fourth-order valence-corrected chi connectivity index (χ4v) is 2.05. The predicted octanol–water partition coefficient (Wildman–Crippen LogP) is 2.92. The molecule has 0 radical (unpaired) electrons. The number of anilines is 2. The number of amides is 1. The van der Waals surface area contributed by atoms with Crippen LogP contribution in [0, 0.1) is 6.92 Å². The number of nitrogens with one attached hydrogen (secondary N) is 2. The Morgan fingerprint density at radius 3 is 2.76 bits per heavy atom. The Labute approximate surface area is 107 Å². The molecule has 17 heavy (non-hydrogen) atoms. The molecule has 0 unspecified atom stereocenters. The van der Waals surface area contributed by atoms with Crippen LogP contribution in [0.25, 0.3) is 0 Å². The summed E-state index contributed by atoms with van der Waals surface area (Å²) in [7, 11) is 0. The average molecular weight is 294 g/mol. The third kappa shape index (κ3) is 2.68. The third-order valence-corrected chi connectivity index (χ3v) is 2.98. The zero-order valence-electron chi connectivity index (χ0n) is 9.25. The van der Waals surface area contributed by atoms with Gasteiger partial charge in [-0.15, -0.1) is 0 Å². The normalized spacial score (nSPS) is 10.2. The number of carbonyl (C=O) groups is 1. The highest BCUT2D eigenvalue weighted by Crippen LogP contribution is 2.23. The van der Waals surface area contributed by atoms with E-state index in [2.05, 4.69) is 26.2 Å². The molecule has 1 aromatic carbocycles. The number of aromatic nitrogens is 1. The lowest BCUT2D eigenvalue weighted by atomic mass is 10.2. The van der Waals surface area contributed by atoms with Crippen LogP contribution in [0.15, 0.2) is 34.9 Å². The van der Waals surface area contributed by atoms with Crippen molar-refractivity contribution >= 4 is 33.2 Å². The van der Waals surface area contributed by atoms with Gasteiger partial charge in [0.15, 0.2) is 0 Å². The molecule has 4 N–H and O–H groups in total. The van der Waals surface area contributed by atoms with E-state index >= 15 is 0 Å². The van der Waals surface area contributed by atoms with Gasteiger partial charge in [0.05, 0.1) is 5.69 Å². The van der Waals surface area contributed by atoms with Gasteiger partial charge in [-0.05, 0) is 46.6 Å². The van der Waals surface area contributed by atoms with Crippen molar-refractivity contribution in [3.8, 4) is 0 Å². The molecule has 2 rings (SSSR count). The van der Waals surface area contributed by atoms with Gasteiger partial charge in [0.1, 0.15) is 5.69 Å². The number of benzene rings is 1. The Morgan fingerprint density at radius 2 is 2.18 bits per heavy atom. The van der Waals surface area contributed by atoms with E-state index < -0.39 is 0 Å². The number of hydrogen-bond acceptors (Lipinski definition) is 2. The van der Waals surface area contributed by atoms with Crippen LogP contribution in [0.4, 0.5) is 11.4 Å². The molecule has 88 valence electrons. The summed E-state index contributed by atoms with van der Waals surface area (Å²) in [6.07, 6.45) is 1.58. The molecule has 2 aromatic rings. The molecule has 0 saturated carbocycles. The van der Waals surface area contributed by atoms with Gasteiger partial charge < -0.3 is 16.0 Å². The van der Waals surface area contributed by atoms with Gasteiger partial charge in [0, 0.05) is 16.4 Å². The second-order valence-electron chi connectivity index (χ2n) is 3.78. The first-order valence-corrected chi connectivity index (χ1v) is 5.87. The zero-order valence-corrected chi connectivity index (χ0v) is 10.8. The molecule has 0 aliphatic carbocycles. The third-order valence-electron chi connectivity index (χ3n) is 2.32. The van der Waals surface area contributed by atoms with Gasteiger partial charge in [0.2, 0.25) is 0 Å². The van der Waals surface area contributed by atoms with Crippen molar-refractivity contribution in [3.05, 3.63) is 46.2 Å². The number of aryl methyl sites for hydroxylation is 1. The number of halogens is 1. The van der Waals surface area contributed by atoms with E-state index in [0.29, 0.717) is 11.4 Å². The van der Waals surface area contributed by atoms with E-state index in [1.165, 1.54) is 0 Å². The van der Waals surface area contributed by atoms with Crippen molar-refractivity contribution in [1.82, 2.24) is 4.98 Å². The Morgan fingerprint density at radius 1 is 1.41 bits per heavy atom. The molecule has 0 bridgehead atoms. The minimum Gasteiger partial charge on any atom is -0.397 e. The fourth-order valence-electron chi connectivity index (χ4n) is 1.45. The van der Waals surface area contributed by atoms with Crippen LogP contribution in [0.5, 0.6) is 0 Å². The lowest BCUT2D eigenvalue weighted by molar-refractivity contribution is 0.102. The van der Waals surface area contributed by atoms with Crippen molar-refractivity contribution in [3.63, 3.8) is 0 Å². The van der Waals surface area contributed by atoms with E-state index in [0.717, 1.165) is 15.7 Å². The monoisotopic (exact) mass is 293 g/mol. The number of H-pyrrole nitrogens is 1. The molecule has 5 heteroatoms. The Balaban J connectivity index is 2.18. The first kappa shape index (κ1) is 11.7. The molecule has 0 aliphatic heterocycles. The van der Waals surface area contributed by atoms with Gasteiger partial charge in [-0.2, -0.15) is 0 Å². The molecule has 0 spiro atoms. The van der Waals surface area contributed by atoms with Crippen LogP contribution < -0.4 is 11.1 Å². The van der Waals surface area contributed by atoms with Crippen LogP contribution in [0.1, 0.15) is 16.1 Å². The second kappa shape index (κ2) is 4.63. The molecule has 0 fully saturated rings. The van der Waals surface area contributed by atoms with E-state index in [9.17, 15) is 4.79 Å². The number of nitrogens with two attached hydrogens (primary N) is 1.